The van der Waals surface area contributed by atoms with E-state index in [0.717, 1.165) is 12.3 Å². The second kappa shape index (κ2) is 6.03. The monoisotopic (exact) mass is 235 g/mol. The normalized spacial score (nSPS) is 20.2. The molecule has 1 fully saturated rings. The van der Waals surface area contributed by atoms with Crippen LogP contribution in [-0.4, -0.2) is 20.8 Å². The number of hydrogen-bond donors (Lipinski definition) is 1. The number of rotatable bonds is 4. The molecule has 1 N–H and O–H groups in total. The third-order valence-electron chi connectivity index (χ3n) is 3.34. The molecule has 0 bridgehead atoms. The van der Waals surface area contributed by atoms with E-state index in [2.05, 4.69) is 17.4 Å². The van der Waals surface area contributed by atoms with Crippen molar-refractivity contribution in [3.8, 4) is 5.75 Å². The summed E-state index contributed by atoms with van der Waals surface area (Å²) in [6.07, 6.45) is 3.77. The Balaban J connectivity index is 2.26. The van der Waals surface area contributed by atoms with Crippen LogP contribution in [0.1, 0.15) is 36.4 Å². The average Bonchev–Trinajstić information content (AvgIpc) is 2.40. The molecule has 1 atom stereocenters. The van der Waals surface area contributed by atoms with Crippen molar-refractivity contribution < 1.29 is 9.47 Å². The molecule has 3 nitrogen and oxygen atoms in total. The van der Waals surface area contributed by atoms with Gasteiger partial charge in [-0.05, 0) is 42.6 Å². The number of piperidine rings is 1. The molecule has 1 unspecified atom stereocenters. The van der Waals surface area contributed by atoms with Gasteiger partial charge >= 0.3 is 0 Å². The molecule has 3 heteroatoms. The maximum absolute atomic E-state index is 5.31. The zero-order valence-corrected chi connectivity index (χ0v) is 10.7. The van der Waals surface area contributed by atoms with Gasteiger partial charge in [0.2, 0.25) is 0 Å². The molecule has 0 aromatic heterocycles. The van der Waals surface area contributed by atoms with Crippen LogP contribution in [0.2, 0.25) is 0 Å². The molecule has 94 valence electrons. The van der Waals surface area contributed by atoms with Gasteiger partial charge in [0.05, 0.1) is 13.7 Å². The lowest BCUT2D eigenvalue weighted by molar-refractivity contribution is 0.183. The number of ether oxygens (including phenoxy) is 2. The van der Waals surface area contributed by atoms with Gasteiger partial charge < -0.3 is 14.8 Å². The first-order valence-corrected chi connectivity index (χ1v) is 6.24. The van der Waals surface area contributed by atoms with Crippen molar-refractivity contribution in [2.45, 2.75) is 31.9 Å². The van der Waals surface area contributed by atoms with E-state index < -0.39 is 0 Å². The minimum Gasteiger partial charge on any atom is -0.497 e. The molecule has 0 saturated carbocycles. The Morgan fingerprint density at radius 2 is 2.18 bits per heavy atom. The Kier molecular flexibility index (Phi) is 4.40. The first kappa shape index (κ1) is 12.4. The van der Waals surface area contributed by atoms with Crippen molar-refractivity contribution in [3.63, 3.8) is 0 Å². The molecule has 0 spiro atoms. The van der Waals surface area contributed by atoms with Gasteiger partial charge in [-0.25, -0.2) is 0 Å². The quantitative estimate of drug-likeness (QED) is 0.870. The maximum Gasteiger partial charge on any atom is 0.119 e. The van der Waals surface area contributed by atoms with Gasteiger partial charge in [0.15, 0.2) is 0 Å². The van der Waals surface area contributed by atoms with Gasteiger partial charge in [0.25, 0.3) is 0 Å². The number of methoxy groups -OCH3 is 2. The highest BCUT2D eigenvalue weighted by molar-refractivity contribution is 5.37. The zero-order valence-electron chi connectivity index (χ0n) is 10.7. The van der Waals surface area contributed by atoms with Crippen LogP contribution in [0, 0.1) is 0 Å². The van der Waals surface area contributed by atoms with Crippen LogP contribution in [-0.2, 0) is 11.3 Å². The second-order valence-corrected chi connectivity index (χ2v) is 4.50. The Labute approximate surface area is 103 Å². The van der Waals surface area contributed by atoms with Gasteiger partial charge in [0.1, 0.15) is 5.75 Å². The standard InChI is InChI=1S/C14H21NO2/c1-16-10-11-6-7-12(17-2)9-13(11)14-5-3-4-8-15-14/h6-7,9,14-15H,3-5,8,10H2,1-2H3. The summed E-state index contributed by atoms with van der Waals surface area (Å²) in [5.41, 5.74) is 2.58. The summed E-state index contributed by atoms with van der Waals surface area (Å²) in [4.78, 5) is 0. The van der Waals surface area contributed by atoms with Gasteiger partial charge in [-0.15, -0.1) is 0 Å². The van der Waals surface area contributed by atoms with Crippen LogP contribution in [0.3, 0.4) is 0 Å². The van der Waals surface area contributed by atoms with E-state index >= 15 is 0 Å². The lowest BCUT2D eigenvalue weighted by atomic mass is 9.93. The van der Waals surface area contributed by atoms with E-state index in [0.29, 0.717) is 12.6 Å². The fraction of sp³-hybridized carbons (Fsp3) is 0.571. The molecule has 1 aliphatic heterocycles. The fourth-order valence-electron chi connectivity index (χ4n) is 2.43. The predicted octanol–water partition coefficient (Wildman–Crippen LogP) is 2.66. The molecule has 1 aromatic rings. The molecular weight excluding hydrogens is 214 g/mol. The molecule has 0 amide bonds. The van der Waals surface area contributed by atoms with Crippen molar-refractivity contribution in [3.05, 3.63) is 29.3 Å². The highest BCUT2D eigenvalue weighted by Gasteiger charge is 2.18. The third kappa shape index (κ3) is 2.99. The van der Waals surface area contributed by atoms with Crippen LogP contribution in [0.15, 0.2) is 18.2 Å². The van der Waals surface area contributed by atoms with Crippen LogP contribution in [0.4, 0.5) is 0 Å². The molecule has 1 aromatic carbocycles. The Bertz CT molecular complexity index is 359. The van der Waals surface area contributed by atoms with Crippen molar-refractivity contribution >= 4 is 0 Å². The fourth-order valence-corrected chi connectivity index (χ4v) is 2.43. The van der Waals surface area contributed by atoms with Crippen molar-refractivity contribution in [2.24, 2.45) is 0 Å². The van der Waals surface area contributed by atoms with Crippen LogP contribution >= 0.6 is 0 Å². The number of benzene rings is 1. The lowest BCUT2D eigenvalue weighted by Gasteiger charge is -2.26. The first-order chi connectivity index (χ1) is 8.35. The predicted molar refractivity (Wildman–Crippen MR) is 68.3 cm³/mol. The first-order valence-electron chi connectivity index (χ1n) is 6.24. The third-order valence-corrected chi connectivity index (χ3v) is 3.34. The van der Waals surface area contributed by atoms with Crippen molar-refractivity contribution in [1.29, 1.82) is 0 Å². The minimum absolute atomic E-state index is 0.448. The summed E-state index contributed by atoms with van der Waals surface area (Å²) in [6, 6.07) is 6.69. The summed E-state index contributed by atoms with van der Waals surface area (Å²) in [6.45, 7) is 1.77. The minimum atomic E-state index is 0.448. The van der Waals surface area contributed by atoms with E-state index in [4.69, 9.17) is 9.47 Å². The highest BCUT2D eigenvalue weighted by Crippen LogP contribution is 2.29. The second-order valence-electron chi connectivity index (χ2n) is 4.50. The topological polar surface area (TPSA) is 30.5 Å². The summed E-state index contributed by atoms with van der Waals surface area (Å²) in [5.74, 6) is 0.923. The Hall–Kier alpha value is -1.06. The van der Waals surface area contributed by atoms with E-state index in [9.17, 15) is 0 Å². The smallest absolute Gasteiger partial charge is 0.119 e. The van der Waals surface area contributed by atoms with Gasteiger partial charge in [-0.1, -0.05) is 12.5 Å². The van der Waals surface area contributed by atoms with E-state index in [-0.39, 0.29) is 0 Å². The van der Waals surface area contributed by atoms with E-state index in [1.54, 1.807) is 14.2 Å². The lowest BCUT2D eigenvalue weighted by Crippen LogP contribution is -2.27. The van der Waals surface area contributed by atoms with Crippen molar-refractivity contribution in [1.82, 2.24) is 5.32 Å². The maximum atomic E-state index is 5.31. The largest absolute Gasteiger partial charge is 0.497 e. The Morgan fingerprint density at radius 3 is 2.82 bits per heavy atom. The van der Waals surface area contributed by atoms with Gasteiger partial charge in [-0.2, -0.15) is 0 Å². The molecule has 0 aliphatic carbocycles. The summed E-state index contributed by atoms with van der Waals surface area (Å²) < 4.78 is 10.6. The molecular formula is C14H21NO2. The SMILES string of the molecule is COCc1ccc(OC)cc1C1CCCCN1. The van der Waals surface area contributed by atoms with E-state index in [1.165, 1.54) is 30.4 Å². The molecule has 1 aliphatic rings. The summed E-state index contributed by atoms with van der Waals surface area (Å²) >= 11 is 0. The number of nitrogens with one attached hydrogen (secondary N) is 1. The summed E-state index contributed by atoms with van der Waals surface area (Å²) in [7, 11) is 3.45. The Morgan fingerprint density at radius 1 is 1.29 bits per heavy atom. The zero-order chi connectivity index (χ0) is 12.1. The van der Waals surface area contributed by atoms with Crippen LogP contribution in [0.25, 0.3) is 0 Å². The molecule has 0 radical (unpaired) electrons. The molecule has 17 heavy (non-hydrogen) atoms. The van der Waals surface area contributed by atoms with Gasteiger partial charge in [-0.3, -0.25) is 0 Å². The van der Waals surface area contributed by atoms with Crippen LogP contribution < -0.4 is 10.1 Å². The van der Waals surface area contributed by atoms with E-state index in [1.807, 2.05) is 6.07 Å². The van der Waals surface area contributed by atoms with Crippen LogP contribution in [0.5, 0.6) is 5.75 Å². The van der Waals surface area contributed by atoms with Gasteiger partial charge in [0, 0.05) is 13.2 Å². The number of hydrogen-bond acceptors (Lipinski definition) is 3. The van der Waals surface area contributed by atoms with Crippen molar-refractivity contribution in [2.75, 3.05) is 20.8 Å². The average molecular weight is 235 g/mol. The highest BCUT2D eigenvalue weighted by atomic mass is 16.5. The summed E-state index contributed by atoms with van der Waals surface area (Å²) in [5, 5.41) is 3.57. The molecule has 1 heterocycles. The molecule has 1 saturated heterocycles. The molecule has 2 rings (SSSR count).